The average Bonchev–Trinajstić information content (AvgIpc) is 3.48. The maximum absolute atomic E-state index is 14.7. The predicted molar refractivity (Wildman–Crippen MR) is 143 cm³/mol. The molecule has 5 nitrogen and oxygen atoms in total. The van der Waals surface area contributed by atoms with Crippen molar-refractivity contribution in [3.05, 3.63) is 87.7 Å². The minimum atomic E-state index is -4.99. The Morgan fingerprint density at radius 1 is 1.05 bits per heavy atom. The molecule has 0 aromatic heterocycles. The van der Waals surface area contributed by atoms with Crippen molar-refractivity contribution in [3.63, 3.8) is 0 Å². The summed E-state index contributed by atoms with van der Waals surface area (Å²) in [6, 6.07) is 7.67. The Hall–Kier alpha value is -3.59. The number of alkyl halides is 5. The van der Waals surface area contributed by atoms with E-state index in [1.54, 1.807) is 0 Å². The molecule has 2 amide bonds. The summed E-state index contributed by atoms with van der Waals surface area (Å²) in [6.45, 7) is -0.462. The van der Waals surface area contributed by atoms with Crippen molar-refractivity contribution in [1.29, 1.82) is 0 Å². The molecule has 1 aliphatic rings. The van der Waals surface area contributed by atoms with E-state index in [2.05, 4.69) is 11.2 Å². The van der Waals surface area contributed by atoms with Crippen LogP contribution in [0.1, 0.15) is 27.4 Å². The fourth-order valence-electron chi connectivity index (χ4n) is 4.28. The fraction of sp³-hybridized carbons (Fsp3) is 0.185. The number of rotatable bonds is 6. The minimum absolute atomic E-state index is 0.00707. The van der Waals surface area contributed by atoms with E-state index in [1.165, 1.54) is 12.1 Å². The molecule has 2 atom stereocenters. The second kappa shape index (κ2) is 11.0. The molecule has 0 bridgehead atoms. The lowest BCUT2D eigenvalue weighted by Crippen LogP contribution is -2.32. The first-order valence-corrected chi connectivity index (χ1v) is 12.6. The normalized spacial score (nSPS) is 17.5. The van der Waals surface area contributed by atoms with E-state index in [-0.39, 0.29) is 21.8 Å². The van der Waals surface area contributed by atoms with E-state index in [4.69, 9.17) is 47.0 Å². The van der Waals surface area contributed by atoms with Gasteiger partial charge in [0.15, 0.2) is 5.82 Å². The summed E-state index contributed by atoms with van der Waals surface area (Å²) in [5.41, 5.74) is 2.24. The van der Waals surface area contributed by atoms with E-state index in [0.717, 1.165) is 29.2 Å². The van der Waals surface area contributed by atoms with Crippen LogP contribution >= 0.6 is 34.8 Å². The van der Waals surface area contributed by atoms with Crippen LogP contribution in [0.5, 0.6) is 0 Å². The van der Waals surface area contributed by atoms with E-state index >= 15 is 0 Å². The molecule has 0 saturated heterocycles. The number of carbonyl (C=O) groups excluding carboxylic acids is 2. The highest BCUT2D eigenvalue weighted by Crippen LogP contribution is 2.65. The topological polar surface area (TPSA) is 75.4 Å². The van der Waals surface area contributed by atoms with Crippen molar-refractivity contribution in [3.8, 4) is 12.3 Å². The highest BCUT2D eigenvalue weighted by molar-refractivity contribution is 6.53. The Labute approximate surface area is 244 Å². The number of hydrogen-bond donors (Lipinski definition) is 2. The Morgan fingerprint density at radius 3 is 2.34 bits per heavy atom. The molecule has 4 rings (SSSR count). The zero-order chi connectivity index (χ0) is 30.4. The van der Waals surface area contributed by atoms with Crippen LogP contribution in [-0.2, 0) is 11.0 Å². The van der Waals surface area contributed by atoms with Crippen molar-refractivity contribution < 1.29 is 35.9 Å². The molecular formula is C27H16Cl3F6N3O2. The minimum Gasteiger partial charge on any atom is -0.394 e. The third-order valence-electron chi connectivity index (χ3n) is 6.35. The monoisotopic (exact) mass is 633 g/mol. The predicted octanol–water partition coefficient (Wildman–Crippen LogP) is 7.16. The molecule has 214 valence electrons. The number of nitrogen functional groups attached to an aromatic ring is 1. The number of amides is 2. The van der Waals surface area contributed by atoms with Crippen LogP contribution in [0.4, 0.5) is 43.4 Å². The van der Waals surface area contributed by atoms with Crippen LogP contribution in [0.25, 0.3) is 0 Å². The maximum Gasteiger partial charge on any atom is 0.419 e. The van der Waals surface area contributed by atoms with Gasteiger partial charge in [0.25, 0.3) is 5.91 Å². The highest BCUT2D eigenvalue weighted by Gasteiger charge is 2.67. The molecule has 41 heavy (non-hydrogen) atoms. The number of nitrogens with zero attached hydrogens (tertiary/aromatic N) is 1. The smallest absolute Gasteiger partial charge is 0.394 e. The van der Waals surface area contributed by atoms with Gasteiger partial charge in [0.2, 0.25) is 5.91 Å². The van der Waals surface area contributed by atoms with E-state index in [1.807, 2.05) is 0 Å². The van der Waals surface area contributed by atoms with Crippen molar-refractivity contribution in [1.82, 2.24) is 0 Å². The number of nitrogens with one attached hydrogen (secondary N) is 1. The maximum atomic E-state index is 14.7. The molecule has 3 aromatic carbocycles. The average molecular weight is 635 g/mol. The Kier molecular flexibility index (Phi) is 8.15. The molecule has 1 aliphatic carbocycles. The van der Waals surface area contributed by atoms with Crippen LogP contribution in [-0.4, -0.2) is 22.7 Å². The van der Waals surface area contributed by atoms with Crippen LogP contribution in [0.3, 0.4) is 0 Å². The van der Waals surface area contributed by atoms with Gasteiger partial charge in [-0.1, -0.05) is 23.6 Å². The standard InChI is InChI=1S/C27H16Cl3F6N3O2/c1-2-9-39(19-8-7-18(32)23(37)22(19)33)25(41)14-11-13(4-5-16(14)28)38-24(40)21-20(26(21,29)30)12-3-6-17(31)15(10-12)27(34,35)36/h1,3-8,10-11,20-21H,9,37H2,(H,38,40). The Balaban J connectivity index is 1.60. The van der Waals surface area contributed by atoms with Gasteiger partial charge in [0.05, 0.1) is 34.3 Å². The number of anilines is 3. The first-order valence-electron chi connectivity index (χ1n) is 11.4. The summed E-state index contributed by atoms with van der Waals surface area (Å²) in [4.78, 5) is 27.1. The van der Waals surface area contributed by atoms with E-state index < -0.39 is 75.1 Å². The quantitative estimate of drug-likeness (QED) is 0.131. The van der Waals surface area contributed by atoms with Gasteiger partial charge in [-0.15, -0.1) is 29.6 Å². The third-order valence-corrected chi connectivity index (χ3v) is 7.62. The SMILES string of the molecule is C#CCN(C(=O)c1cc(NC(=O)C2C(c3ccc(F)c(C(F)(F)F)c3)C2(Cl)Cl)ccc1Cl)c1ccc(F)c(N)c1F. The molecular weight excluding hydrogens is 619 g/mol. The number of nitrogens with two attached hydrogens (primary N) is 1. The van der Waals surface area contributed by atoms with Crippen molar-refractivity contribution >= 4 is 63.7 Å². The van der Waals surface area contributed by atoms with Gasteiger partial charge in [-0.2, -0.15) is 13.2 Å². The molecule has 1 saturated carbocycles. The second-order valence-electron chi connectivity index (χ2n) is 8.94. The van der Waals surface area contributed by atoms with Crippen molar-refractivity contribution in [2.24, 2.45) is 5.92 Å². The van der Waals surface area contributed by atoms with E-state index in [0.29, 0.717) is 12.1 Å². The second-order valence-corrected chi connectivity index (χ2v) is 10.8. The summed E-state index contributed by atoms with van der Waals surface area (Å²) in [6.07, 6.45) is 0.343. The zero-order valence-corrected chi connectivity index (χ0v) is 22.6. The molecule has 2 unspecified atom stereocenters. The van der Waals surface area contributed by atoms with Gasteiger partial charge in [-0.25, -0.2) is 13.2 Å². The van der Waals surface area contributed by atoms with Gasteiger partial charge in [0, 0.05) is 11.6 Å². The van der Waals surface area contributed by atoms with Crippen LogP contribution in [0.15, 0.2) is 48.5 Å². The molecule has 0 heterocycles. The number of carbonyl (C=O) groups is 2. The number of benzene rings is 3. The third kappa shape index (κ3) is 5.77. The molecule has 0 spiro atoms. The number of halogens is 9. The van der Waals surface area contributed by atoms with Crippen LogP contribution in [0, 0.1) is 35.7 Å². The molecule has 14 heteroatoms. The summed E-state index contributed by atoms with van der Waals surface area (Å²) >= 11 is 18.6. The molecule has 0 aliphatic heterocycles. The van der Waals surface area contributed by atoms with Gasteiger partial charge in [0.1, 0.15) is 21.7 Å². The molecule has 3 N–H and O–H groups in total. The first-order chi connectivity index (χ1) is 19.1. The Morgan fingerprint density at radius 2 is 1.71 bits per heavy atom. The number of hydrogen-bond acceptors (Lipinski definition) is 3. The summed E-state index contributed by atoms with van der Waals surface area (Å²) < 4.78 is 79.8. The molecule has 3 aromatic rings. The zero-order valence-electron chi connectivity index (χ0n) is 20.3. The summed E-state index contributed by atoms with van der Waals surface area (Å²) in [7, 11) is 0. The lowest BCUT2D eigenvalue weighted by molar-refractivity contribution is -0.140. The molecule has 0 radical (unpaired) electrons. The van der Waals surface area contributed by atoms with Crippen LogP contribution in [0.2, 0.25) is 5.02 Å². The number of terminal acetylenes is 1. The first kappa shape index (κ1) is 30.4. The van der Waals surface area contributed by atoms with Crippen molar-refractivity contribution in [2.45, 2.75) is 16.4 Å². The lowest BCUT2D eigenvalue weighted by atomic mass is 10.0. The van der Waals surface area contributed by atoms with Gasteiger partial charge in [-0.05, 0) is 48.0 Å². The van der Waals surface area contributed by atoms with Crippen molar-refractivity contribution in [2.75, 3.05) is 22.5 Å². The van der Waals surface area contributed by atoms with Gasteiger partial charge < -0.3 is 11.1 Å². The summed E-state index contributed by atoms with van der Waals surface area (Å²) in [5, 5.41) is 2.34. The van der Waals surface area contributed by atoms with Gasteiger partial charge >= 0.3 is 6.18 Å². The molecule has 1 fully saturated rings. The van der Waals surface area contributed by atoms with Crippen LogP contribution < -0.4 is 16.0 Å². The highest BCUT2D eigenvalue weighted by atomic mass is 35.5. The van der Waals surface area contributed by atoms with Gasteiger partial charge in [-0.3, -0.25) is 14.5 Å². The Bertz CT molecular complexity index is 1610. The van der Waals surface area contributed by atoms with E-state index in [9.17, 15) is 35.9 Å². The lowest BCUT2D eigenvalue weighted by Gasteiger charge is -2.22. The largest absolute Gasteiger partial charge is 0.419 e. The summed E-state index contributed by atoms with van der Waals surface area (Å²) in [5.74, 6) is -5.71. The fourth-order valence-corrected chi connectivity index (χ4v) is 5.30.